The molecule has 0 aliphatic heterocycles. The Labute approximate surface area is 99.8 Å². The van der Waals surface area contributed by atoms with Crippen LogP contribution in [0.2, 0.25) is 0 Å². The maximum Gasteiger partial charge on any atom is 1.00 e. The predicted octanol–water partition coefficient (Wildman–Crippen LogP) is -0.520. The SMILES string of the molecule is CCCC1=[C-]CC=C1.[K+]. The molecule has 0 radical (unpaired) electrons. The minimum absolute atomic E-state index is 0. The number of hydrogen-bond donors (Lipinski definition) is 0. The molecule has 0 saturated carbocycles. The normalized spacial score (nSPS) is 15.0. The minimum Gasteiger partial charge on any atom is -0.269 e. The first kappa shape index (κ1) is 10.1. The molecule has 0 bridgehead atoms. The Morgan fingerprint density at radius 2 is 2.44 bits per heavy atom. The molecule has 0 heterocycles. The van der Waals surface area contributed by atoms with E-state index in [0.29, 0.717) is 0 Å². The smallest absolute Gasteiger partial charge is 0.269 e. The van der Waals surface area contributed by atoms with Crippen molar-refractivity contribution in [1.82, 2.24) is 0 Å². The van der Waals surface area contributed by atoms with E-state index in [-0.39, 0.29) is 51.4 Å². The Morgan fingerprint density at radius 3 is 2.89 bits per heavy atom. The van der Waals surface area contributed by atoms with Gasteiger partial charge in [0.1, 0.15) is 0 Å². The molecular formula is C8H11K. The quantitative estimate of drug-likeness (QED) is 0.363. The van der Waals surface area contributed by atoms with Gasteiger partial charge in [-0.1, -0.05) is 19.8 Å². The van der Waals surface area contributed by atoms with Crippen LogP contribution in [0.15, 0.2) is 17.7 Å². The van der Waals surface area contributed by atoms with Crippen molar-refractivity contribution in [3.8, 4) is 0 Å². The molecule has 1 aliphatic carbocycles. The largest absolute Gasteiger partial charge is 1.00 e. The van der Waals surface area contributed by atoms with Crippen LogP contribution in [0, 0.1) is 6.08 Å². The van der Waals surface area contributed by atoms with Crippen LogP contribution >= 0.6 is 0 Å². The summed E-state index contributed by atoms with van der Waals surface area (Å²) in [5.41, 5.74) is 1.40. The summed E-state index contributed by atoms with van der Waals surface area (Å²) in [6.45, 7) is 2.20. The summed E-state index contributed by atoms with van der Waals surface area (Å²) >= 11 is 0. The molecule has 44 valence electrons. The number of rotatable bonds is 2. The molecular weight excluding hydrogens is 135 g/mol. The molecule has 0 saturated heterocycles. The van der Waals surface area contributed by atoms with Crippen molar-refractivity contribution in [2.24, 2.45) is 0 Å². The standard InChI is InChI=1S/C8H11.K/c1-2-5-8-6-3-4-7-8;/h3,6H,2,4-5H2,1H3;/q-1;+1. The average molecular weight is 146 g/mol. The zero-order valence-corrected chi connectivity index (χ0v) is 9.40. The van der Waals surface area contributed by atoms with Crippen molar-refractivity contribution in [2.75, 3.05) is 0 Å². The molecule has 0 nitrogen and oxygen atoms in total. The van der Waals surface area contributed by atoms with Crippen molar-refractivity contribution < 1.29 is 51.4 Å². The molecule has 1 rings (SSSR count). The van der Waals surface area contributed by atoms with Crippen molar-refractivity contribution in [3.05, 3.63) is 23.8 Å². The van der Waals surface area contributed by atoms with E-state index in [0.717, 1.165) is 6.42 Å². The first-order valence-electron chi connectivity index (χ1n) is 3.19. The third-order valence-corrected chi connectivity index (χ3v) is 1.29. The topological polar surface area (TPSA) is 0 Å². The van der Waals surface area contributed by atoms with Gasteiger partial charge in [-0.25, -0.2) is 11.6 Å². The van der Waals surface area contributed by atoms with Crippen LogP contribution in [0.25, 0.3) is 0 Å². The molecule has 0 aromatic carbocycles. The number of hydrogen-bond acceptors (Lipinski definition) is 0. The Balaban J connectivity index is 0.000000640. The molecule has 1 aliphatic rings. The van der Waals surface area contributed by atoms with Gasteiger partial charge in [-0.2, -0.15) is 6.08 Å². The number of allylic oxidation sites excluding steroid dienone is 4. The Morgan fingerprint density at radius 1 is 1.67 bits per heavy atom. The van der Waals surface area contributed by atoms with E-state index < -0.39 is 0 Å². The van der Waals surface area contributed by atoms with E-state index in [1.54, 1.807) is 0 Å². The monoisotopic (exact) mass is 146 g/mol. The fraction of sp³-hybridized carbons (Fsp3) is 0.500. The molecule has 0 atom stereocenters. The molecule has 0 N–H and O–H groups in total. The van der Waals surface area contributed by atoms with E-state index in [9.17, 15) is 0 Å². The van der Waals surface area contributed by atoms with Crippen molar-refractivity contribution in [3.63, 3.8) is 0 Å². The molecule has 0 aromatic heterocycles. The van der Waals surface area contributed by atoms with E-state index in [1.807, 2.05) is 0 Å². The van der Waals surface area contributed by atoms with Crippen LogP contribution in [0.1, 0.15) is 26.2 Å². The minimum atomic E-state index is 0. The van der Waals surface area contributed by atoms with Crippen molar-refractivity contribution in [1.29, 1.82) is 0 Å². The fourth-order valence-corrected chi connectivity index (χ4v) is 0.891. The van der Waals surface area contributed by atoms with E-state index >= 15 is 0 Å². The van der Waals surface area contributed by atoms with Gasteiger partial charge in [-0.3, -0.25) is 6.08 Å². The van der Waals surface area contributed by atoms with Gasteiger partial charge >= 0.3 is 51.4 Å². The molecule has 1 heteroatoms. The van der Waals surface area contributed by atoms with Crippen LogP contribution in [-0.4, -0.2) is 0 Å². The first-order valence-corrected chi connectivity index (χ1v) is 3.19. The van der Waals surface area contributed by atoms with Gasteiger partial charge in [0, 0.05) is 0 Å². The van der Waals surface area contributed by atoms with Crippen molar-refractivity contribution in [2.45, 2.75) is 26.2 Å². The van der Waals surface area contributed by atoms with Gasteiger partial charge in [-0.15, -0.1) is 6.42 Å². The van der Waals surface area contributed by atoms with Crippen LogP contribution in [0.5, 0.6) is 0 Å². The van der Waals surface area contributed by atoms with Gasteiger partial charge in [0.15, 0.2) is 0 Å². The molecule has 0 aromatic rings. The summed E-state index contributed by atoms with van der Waals surface area (Å²) in [6, 6.07) is 0. The molecule has 0 unspecified atom stereocenters. The second-order valence-corrected chi connectivity index (χ2v) is 2.06. The second kappa shape index (κ2) is 5.87. The summed E-state index contributed by atoms with van der Waals surface area (Å²) in [7, 11) is 0. The van der Waals surface area contributed by atoms with Gasteiger partial charge < -0.3 is 0 Å². The zero-order chi connectivity index (χ0) is 5.82. The Hall–Kier alpha value is 1.12. The second-order valence-electron chi connectivity index (χ2n) is 2.06. The van der Waals surface area contributed by atoms with Crippen LogP contribution in [-0.2, 0) is 0 Å². The third kappa shape index (κ3) is 3.74. The third-order valence-electron chi connectivity index (χ3n) is 1.29. The summed E-state index contributed by atoms with van der Waals surface area (Å²) in [5.74, 6) is 0. The van der Waals surface area contributed by atoms with Gasteiger partial charge in [0.2, 0.25) is 0 Å². The van der Waals surface area contributed by atoms with Crippen molar-refractivity contribution >= 4 is 0 Å². The molecule has 0 spiro atoms. The summed E-state index contributed by atoms with van der Waals surface area (Å²) < 4.78 is 0. The fourth-order valence-electron chi connectivity index (χ4n) is 0.891. The predicted molar refractivity (Wildman–Crippen MR) is 35.4 cm³/mol. The summed E-state index contributed by atoms with van der Waals surface area (Å²) in [6.07, 6.45) is 11.1. The van der Waals surface area contributed by atoms with Gasteiger partial charge in [0.25, 0.3) is 0 Å². The Kier molecular flexibility index (Phi) is 6.60. The summed E-state index contributed by atoms with van der Waals surface area (Å²) in [5, 5.41) is 0. The van der Waals surface area contributed by atoms with Crippen LogP contribution in [0.4, 0.5) is 0 Å². The van der Waals surface area contributed by atoms with E-state index in [1.165, 1.54) is 18.4 Å². The molecule has 0 amide bonds. The summed E-state index contributed by atoms with van der Waals surface area (Å²) in [4.78, 5) is 0. The van der Waals surface area contributed by atoms with Gasteiger partial charge in [-0.05, 0) is 0 Å². The molecule has 9 heavy (non-hydrogen) atoms. The van der Waals surface area contributed by atoms with Crippen LogP contribution < -0.4 is 51.4 Å². The maximum atomic E-state index is 3.26. The first-order chi connectivity index (χ1) is 3.93. The average Bonchev–Trinajstić information content (AvgIpc) is 2.19. The molecule has 0 fully saturated rings. The van der Waals surface area contributed by atoms with E-state index in [2.05, 4.69) is 25.2 Å². The van der Waals surface area contributed by atoms with E-state index in [4.69, 9.17) is 0 Å². The zero-order valence-electron chi connectivity index (χ0n) is 6.28. The van der Waals surface area contributed by atoms with Crippen LogP contribution in [0.3, 0.4) is 0 Å². The Bertz CT molecular complexity index is 123. The van der Waals surface area contributed by atoms with Gasteiger partial charge in [0.05, 0.1) is 0 Å². The maximum absolute atomic E-state index is 3.26.